The van der Waals surface area contributed by atoms with Gasteiger partial charge in [0.2, 0.25) is 0 Å². The SMILES string of the molecule is CC.CNCc1ccc(SN)cc1. The third kappa shape index (κ3) is 4.93. The molecule has 1 aromatic carbocycles. The van der Waals surface area contributed by atoms with Crippen molar-refractivity contribution in [3.63, 3.8) is 0 Å². The van der Waals surface area contributed by atoms with E-state index < -0.39 is 0 Å². The van der Waals surface area contributed by atoms with Crippen molar-refractivity contribution in [1.82, 2.24) is 5.32 Å². The minimum Gasteiger partial charge on any atom is -0.316 e. The number of hydrogen-bond acceptors (Lipinski definition) is 3. The van der Waals surface area contributed by atoms with Crippen molar-refractivity contribution >= 4 is 11.9 Å². The van der Waals surface area contributed by atoms with Crippen LogP contribution in [0.4, 0.5) is 0 Å². The number of nitrogens with one attached hydrogen (secondary N) is 1. The number of nitrogens with two attached hydrogens (primary N) is 1. The van der Waals surface area contributed by atoms with Gasteiger partial charge in [-0.25, -0.2) is 0 Å². The van der Waals surface area contributed by atoms with Crippen LogP contribution in [-0.2, 0) is 6.54 Å². The van der Waals surface area contributed by atoms with Crippen LogP contribution in [0.3, 0.4) is 0 Å². The van der Waals surface area contributed by atoms with Crippen molar-refractivity contribution in [3.05, 3.63) is 29.8 Å². The molecular weight excluding hydrogens is 180 g/mol. The summed E-state index contributed by atoms with van der Waals surface area (Å²) in [6, 6.07) is 8.20. The van der Waals surface area contributed by atoms with Gasteiger partial charge in [-0.2, -0.15) is 0 Å². The van der Waals surface area contributed by atoms with Gasteiger partial charge in [0.15, 0.2) is 0 Å². The Labute approximate surface area is 85.0 Å². The maximum Gasteiger partial charge on any atom is 0.0226 e. The van der Waals surface area contributed by atoms with Crippen molar-refractivity contribution in [1.29, 1.82) is 0 Å². The van der Waals surface area contributed by atoms with Crippen molar-refractivity contribution in [2.45, 2.75) is 25.3 Å². The first-order chi connectivity index (χ1) is 6.36. The highest BCUT2D eigenvalue weighted by Gasteiger charge is 1.90. The zero-order valence-electron chi connectivity index (χ0n) is 8.50. The fourth-order valence-electron chi connectivity index (χ4n) is 0.890. The zero-order valence-corrected chi connectivity index (χ0v) is 9.32. The molecule has 0 aromatic heterocycles. The van der Waals surface area contributed by atoms with Crippen LogP contribution in [0.1, 0.15) is 19.4 Å². The Morgan fingerprint density at radius 1 is 1.23 bits per heavy atom. The summed E-state index contributed by atoms with van der Waals surface area (Å²) < 4.78 is 0. The lowest BCUT2D eigenvalue weighted by atomic mass is 10.2. The van der Waals surface area contributed by atoms with E-state index in [-0.39, 0.29) is 0 Å². The first-order valence-corrected chi connectivity index (χ1v) is 5.35. The molecule has 0 atom stereocenters. The Hall–Kier alpha value is -0.510. The van der Waals surface area contributed by atoms with Crippen LogP contribution in [0.5, 0.6) is 0 Å². The molecule has 0 unspecified atom stereocenters. The van der Waals surface area contributed by atoms with Gasteiger partial charge in [0.05, 0.1) is 0 Å². The third-order valence-corrected chi connectivity index (χ3v) is 1.98. The number of rotatable bonds is 3. The average molecular weight is 198 g/mol. The molecule has 0 heterocycles. The normalized spacial score (nSPS) is 8.92. The first kappa shape index (κ1) is 12.5. The van der Waals surface area contributed by atoms with Gasteiger partial charge < -0.3 is 5.32 Å². The van der Waals surface area contributed by atoms with Crippen LogP contribution in [-0.4, -0.2) is 7.05 Å². The molecular formula is C10H18N2S. The smallest absolute Gasteiger partial charge is 0.0226 e. The Balaban J connectivity index is 0.000000671. The Kier molecular flexibility index (Phi) is 7.79. The molecule has 0 amide bonds. The second kappa shape index (κ2) is 8.10. The first-order valence-electron chi connectivity index (χ1n) is 4.47. The van der Waals surface area contributed by atoms with Crippen molar-refractivity contribution in [3.8, 4) is 0 Å². The molecule has 0 aliphatic carbocycles. The van der Waals surface area contributed by atoms with Crippen LogP contribution in [0.25, 0.3) is 0 Å². The fraction of sp³-hybridized carbons (Fsp3) is 0.400. The molecule has 0 saturated heterocycles. The highest BCUT2D eigenvalue weighted by molar-refractivity contribution is 7.97. The van der Waals surface area contributed by atoms with Gasteiger partial charge in [0.25, 0.3) is 0 Å². The lowest BCUT2D eigenvalue weighted by Crippen LogP contribution is -2.04. The Bertz CT molecular complexity index is 209. The van der Waals surface area contributed by atoms with Crippen LogP contribution in [0.15, 0.2) is 29.2 Å². The summed E-state index contributed by atoms with van der Waals surface area (Å²) in [6.45, 7) is 4.91. The molecule has 0 spiro atoms. The minimum absolute atomic E-state index is 0.912. The van der Waals surface area contributed by atoms with Gasteiger partial charge in [-0.05, 0) is 36.7 Å². The summed E-state index contributed by atoms with van der Waals surface area (Å²) >= 11 is 1.28. The molecule has 3 N–H and O–H groups in total. The summed E-state index contributed by atoms with van der Waals surface area (Å²) in [6.07, 6.45) is 0. The van der Waals surface area contributed by atoms with Gasteiger partial charge in [0.1, 0.15) is 0 Å². The second-order valence-corrected chi connectivity index (χ2v) is 3.00. The number of hydrogen-bond donors (Lipinski definition) is 2. The van der Waals surface area contributed by atoms with E-state index in [0.717, 1.165) is 11.4 Å². The molecule has 74 valence electrons. The molecule has 0 aliphatic heterocycles. The van der Waals surface area contributed by atoms with Crippen LogP contribution in [0, 0.1) is 0 Å². The van der Waals surface area contributed by atoms with Crippen molar-refractivity contribution in [2.75, 3.05) is 7.05 Å². The van der Waals surface area contributed by atoms with E-state index in [1.807, 2.05) is 33.0 Å². The van der Waals surface area contributed by atoms with Crippen molar-refractivity contribution in [2.24, 2.45) is 5.14 Å². The lowest BCUT2D eigenvalue weighted by molar-refractivity contribution is 0.817. The summed E-state index contributed by atoms with van der Waals surface area (Å²) in [5, 5.41) is 8.46. The molecule has 0 fully saturated rings. The number of benzene rings is 1. The molecule has 0 radical (unpaired) electrons. The highest BCUT2D eigenvalue weighted by atomic mass is 32.2. The second-order valence-electron chi connectivity index (χ2n) is 2.29. The fourth-order valence-corrected chi connectivity index (χ4v) is 1.18. The molecule has 3 heteroatoms. The van der Waals surface area contributed by atoms with E-state index in [2.05, 4.69) is 17.4 Å². The quantitative estimate of drug-likeness (QED) is 0.732. The topological polar surface area (TPSA) is 38.0 Å². The molecule has 0 aliphatic rings. The van der Waals surface area contributed by atoms with E-state index in [1.165, 1.54) is 17.5 Å². The van der Waals surface area contributed by atoms with Gasteiger partial charge in [0, 0.05) is 11.4 Å². The summed E-state index contributed by atoms with van der Waals surface area (Å²) in [5.74, 6) is 0. The zero-order chi connectivity index (χ0) is 10.1. The van der Waals surface area contributed by atoms with E-state index >= 15 is 0 Å². The maximum absolute atomic E-state index is 5.37. The molecule has 13 heavy (non-hydrogen) atoms. The van der Waals surface area contributed by atoms with Gasteiger partial charge in [-0.3, -0.25) is 5.14 Å². The Morgan fingerprint density at radius 3 is 2.15 bits per heavy atom. The molecule has 2 nitrogen and oxygen atoms in total. The monoisotopic (exact) mass is 198 g/mol. The van der Waals surface area contributed by atoms with Gasteiger partial charge >= 0.3 is 0 Å². The Morgan fingerprint density at radius 2 is 1.77 bits per heavy atom. The van der Waals surface area contributed by atoms with Crippen LogP contribution >= 0.6 is 11.9 Å². The molecule has 0 bridgehead atoms. The highest BCUT2D eigenvalue weighted by Crippen LogP contribution is 2.11. The van der Waals surface area contributed by atoms with Crippen LogP contribution in [0.2, 0.25) is 0 Å². The van der Waals surface area contributed by atoms with E-state index in [0.29, 0.717) is 0 Å². The van der Waals surface area contributed by atoms with E-state index in [9.17, 15) is 0 Å². The van der Waals surface area contributed by atoms with Gasteiger partial charge in [-0.15, -0.1) is 0 Å². The van der Waals surface area contributed by atoms with E-state index in [4.69, 9.17) is 5.14 Å². The predicted octanol–water partition coefficient (Wildman–Crippen LogP) is 2.40. The standard InChI is InChI=1S/C8H12N2S.C2H6/c1-10-6-7-2-4-8(11-9)5-3-7;1-2/h2-5,10H,6,9H2,1H3;1-2H3. The molecule has 0 saturated carbocycles. The van der Waals surface area contributed by atoms with Crippen LogP contribution < -0.4 is 10.5 Å². The van der Waals surface area contributed by atoms with Gasteiger partial charge in [-0.1, -0.05) is 26.0 Å². The predicted molar refractivity (Wildman–Crippen MR) is 60.6 cm³/mol. The summed E-state index contributed by atoms with van der Waals surface area (Å²) in [7, 11) is 1.94. The maximum atomic E-state index is 5.37. The average Bonchev–Trinajstić information content (AvgIpc) is 2.23. The minimum atomic E-state index is 0.912. The molecule has 1 rings (SSSR count). The summed E-state index contributed by atoms with van der Waals surface area (Å²) in [4.78, 5) is 1.10. The third-order valence-electron chi connectivity index (χ3n) is 1.44. The summed E-state index contributed by atoms with van der Waals surface area (Å²) in [5.41, 5.74) is 1.28. The van der Waals surface area contributed by atoms with E-state index in [1.54, 1.807) is 0 Å². The molecule has 1 aromatic rings. The van der Waals surface area contributed by atoms with Crippen molar-refractivity contribution < 1.29 is 0 Å². The lowest BCUT2D eigenvalue weighted by Gasteiger charge is -1.99. The largest absolute Gasteiger partial charge is 0.316 e.